The fraction of sp³-hybridized carbons (Fsp3) is 0.559. The van der Waals surface area contributed by atoms with E-state index in [1.165, 1.54) is 14.2 Å². The Kier molecular flexibility index (Phi) is 9.68. The van der Waals surface area contributed by atoms with Gasteiger partial charge in [0.2, 0.25) is 0 Å². The smallest absolute Gasteiger partial charge is 0.187 e. The zero-order valence-corrected chi connectivity index (χ0v) is 27.2. The lowest BCUT2D eigenvalue weighted by molar-refractivity contribution is -0.319. The Bertz CT molecular complexity index is 1610. The fourth-order valence-corrected chi connectivity index (χ4v) is 6.88. The number of ether oxygens (including phenoxy) is 9. The highest BCUT2D eigenvalue weighted by molar-refractivity contribution is 6.06. The molecule has 272 valence electrons. The van der Waals surface area contributed by atoms with E-state index in [0.717, 1.165) is 0 Å². The van der Waals surface area contributed by atoms with Gasteiger partial charge in [-0.15, -0.1) is 0 Å². The van der Waals surface area contributed by atoms with Crippen molar-refractivity contribution in [2.24, 2.45) is 0 Å². The number of methoxy groups -OCH3 is 2. The molecule has 50 heavy (non-hydrogen) atoms. The first kappa shape index (κ1) is 34.9. The number of Topliss-reactive ketones (excluding diaryl/α,β-unsaturated/α-hetero) is 1. The zero-order chi connectivity index (χ0) is 35.4. The number of aliphatic hydroxyl groups is 6. The molecule has 5 aliphatic rings. The summed E-state index contributed by atoms with van der Waals surface area (Å²) in [5, 5.41) is 61.2. The molecule has 0 spiro atoms. The highest BCUT2D eigenvalue weighted by atomic mass is 16.7. The van der Waals surface area contributed by atoms with E-state index in [0.29, 0.717) is 57.4 Å². The number of carbonyl (C=O) groups is 1. The van der Waals surface area contributed by atoms with E-state index in [2.05, 4.69) is 6.58 Å². The van der Waals surface area contributed by atoms with E-state index < -0.39 is 80.0 Å². The van der Waals surface area contributed by atoms with Gasteiger partial charge in [0.25, 0.3) is 0 Å². The molecule has 16 nitrogen and oxygen atoms in total. The second-order valence-electron chi connectivity index (χ2n) is 12.9. The summed E-state index contributed by atoms with van der Waals surface area (Å²) in [5.41, 5.74) is 2.20. The maximum absolute atomic E-state index is 13.9. The van der Waals surface area contributed by atoms with Crippen LogP contribution in [-0.4, -0.2) is 145 Å². The molecular weight excluding hydrogens is 664 g/mol. The number of ketones is 1. The second-order valence-corrected chi connectivity index (χ2v) is 12.9. The lowest BCUT2D eigenvalue weighted by Gasteiger charge is -2.41. The van der Waals surface area contributed by atoms with Crippen molar-refractivity contribution < 1.29 is 78.1 Å². The average molecular weight is 705 g/mol. The van der Waals surface area contributed by atoms with Gasteiger partial charge in [-0.25, -0.2) is 0 Å². The molecule has 6 N–H and O–H groups in total. The molecule has 0 amide bonds. The second kappa shape index (κ2) is 13.9. The minimum absolute atomic E-state index is 0.123. The maximum Gasteiger partial charge on any atom is 0.187 e. The fourth-order valence-electron chi connectivity index (χ4n) is 6.88. The van der Waals surface area contributed by atoms with Gasteiger partial charge in [0, 0.05) is 23.6 Å². The van der Waals surface area contributed by atoms with Crippen LogP contribution >= 0.6 is 0 Å². The van der Waals surface area contributed by atoms with E-state index >= 15 is 0 Å². The van der Waals surface area contributed by atoms with Crippen LogP contribution in [0.4, 0.5) is 0 Å². The van der Waals surface area contributed by atoms with Crippen molar-refractivity contribution in [2.45, 2.75) is 79.9 Å². The summed E-state index contributed by atoms with van der Waals surface area (Å²) >= 11 is 0. The highest BCUT2D eigenvalue weighted by Crippen LogP contribution is 2.50. The SMILES string of the molecule is C=C(CO[C@@H]1O[C@H](CO[C@@H]2OC[C@H](O)[C@H](O)[C@H]2O)[C@@H](O)[C@H](O)[C@H]1O)[C@H]1Cc2c(ccc3c2O[C@H]2COc4cc(OC)c(OC)cc4[C@H]2C3=O)O1. The number of hydrogen-bond acceptors (Lipinski definition) is 16. The third kappa shape index (κ3) is 6.08. The molecule has 0 bridgehead atoms. The predicted molar refractivity (Wildman–Crippen MR) is 167 cm³/mol. The minimum Gasteiger partial charge on any atom is -0.493 e. The Hall–Kier alpha value is -3.55. The molecule has 0 saturated carbocycles. The molecular formula is C34H40O16. The van der Waals surface area contributed by atoms with Crippen LogP contribution < -0.4 is 23.7 Å². The molecule has 0 radical (unpaired) electrons. The summed E-state index contributed by atoms with van der Waals surface area (Å²) in [6, 6.07) is 6.82. The van der Waals surface area contributed by atoms with E-state index in [1.807, 2.05) is 0 Å². The molecule has 5 aliphatic heterocycles. The quantitative estimate of drug-likeness (QED) is 0.172. The van der Waals surface area contributed by atoms with Gasteiger partial charge in [-0.1, -0.05) is 6.58 Å². The first-order valence-corrected chi connectivity index (χ1v) is 16.2. The van der Waals surface area contributed by atoms with Crippen molar-refractivity contribution in [3.8, 4) is 28.7 Å². The standard InChI is InChI=1S/C34H40O16/c1-13(9-45-34-31(41)29(39)28(38)24(50-34)12-47-33-30(40)27(37)17(35)10-46-33)19-7-16-18(48-19)5-4-14-26(36)25-15-6-21(42-2)22(43-3)8-20(15)44-11-23(25)49-32(14)16/h4-6,8,17,19,23-25,27-31,33-35,37-41H,1,7,9-12H2,2-3H3/t17-,19+,23-,24+,25+,27-,28+,29-,30+,31+,33-,34+/m0/s1. The average Bonchev–Trinajstić information content (AvgIpc) is 3.57. The summed E-state index contributed by atoms with van der Waals surface area (Å²) in [6.07, 6.45) is -14.1. The number of hydrogen-bond donors (Lipinski definition) is 6. The first-order valence-electron chi connectivity index (χ1n) is 16.2. The van der Waals surface area contributed by atoms with Crippen LogP contribution in [0.1, 0.15) is 27.4 Å². The highest BCUT2D eigenvalue weighted by Gasteiger charge is 2.48. The molecule has 2 aromatic carbocycles. The summed E-state index contributed by atoms with van der Waals surface area (Å²) in [7, 11) is 3.04. The van der Waals surface area contributed by atoms with E-state index in [-0.39, 0.29) is 25.6 Å². The van der Waals surface area contributed by atoms with Gasteiger partial charge in [0.05, 0.1) is 45.5 Å². The molecule has 2 aromatic rings. The number of aliphatic hydroxyl groups excluding tert-OH is 6. The van der Waals surface area contributed by atoms with Crippen molar-refractivity contribution in [2.75, 3.05) is 40.6 Å². The molecule has 12 atom stereocenters. The largest absolute Gasteiger partial charge is 0.493 e. The van der Waals surface area contributed by atoms with Crippen LogP contribution in [0.5, 0.6) is 28.7 Å². The minimum atomic E-state index is -1.67. The van der Waals surface area contributed by atoms with Crippen LogP contribution in [0.3, 0.4) is 0 Å². The van der Waals surface area contributed by atoms with Crippen LogP contribution in [0, 0.1) is 0 Å². The van der Waals surface area contributed by atoms with Crippen molar-refractivity contribution in [1.82, 2.24) is 0 Å². The van der Waals surface area contributed by atoms with Crippen LogP contribution in [0.15, 0.2) is 36.4 Å². The van der Waals surface area contributed by atoms with Crippen LogP contribution in [0.25, 0.3) is 0 Å². The lowest BCUT2D eigenvalue weighted by atomic mass is 9.81. The first-order chi connectivity index (χ1) is 24.0. The number of benzene rings is 2. The lowest BCUT2D eigenvalue weighted by Crippen LogP contribution is -2.60. The van der Waals surface area contributed by atoms with Gasteiger partial charge in [-0.05, 0) is 23.8 Å². The van der Waals surface area contributed by atoms with Gasteiger partial charge >= 0.3 is 0 Å². The van der Waals surface area contributed by atoms with Gasteiger partial charge in [-0.3, -0.25) is 4.79 Å². The van der Waals surface area contributed by atoms with Crippen LogP contribution in [0.2, 0.25) is 0 Å². The number of rotatable bonds is 9. The summed E-state index contributed by atoms with van der Waals surface area (Å²) in [6.45, 7) is 3.35. The summed E-state index contributed by atoms with van der Waals surface area (Å²) in [4.78, 5) is 13.9. The summed E-state index contributed by atoms with van der Waals surface area (Å²) in [5.74, 6) is 1.67. The summed E-state index contributed by atoms with van der Waals surface area (Å²) < 4.78 is 51.5. The molecule has 7 rings (SSSR count). The Morgan fingerprint density at radius 1 is 0.860 bits per heavy atom. The Balaban J connectivity index is 0.993. The molecule has 2 fully saturated rings. The van der Waals surface area contributed by atoms with E-state index in [1.54, 1.807) is 24.3 Å². The molecule has 0 aliphatic carbocycles. The zero-order valence-electron chi connectivity index (χ0n) is 27.2. The van der Waals surface area contributed by atoms with Crippen molar-refractivity contribution in [3.63, 3.8) is 0 Å². The molecule has 0 aromatic heterocycles. The van der Waals surface area contributed by atoms with Gasteiger partial charge in [-0.2, -0.15) is 0 Å². The molecule has 2 saturated heterocycles. The van der Waals surface area contributed by atoms with Gasteiger partial charge in [0.1, 0.15) is 78.8 Å². The molecule has 0 unspecified atom stereocenters. The maximum atomic E-state index is 13.9. The third-order valence-electron chi connectivity index (χ3n) is 9.76. The Morgan fingerprint density at radius 3 is 2.36 bits per heavy atom. The third-order valence-corrected chi connectivity index (χ3v) is 9.76. The predicted octanol–water partition coefficient (Wildman–Crippen LogP) is -1.04. The van der Waals surface area contributed by atoms with Crippen molar-refractivity contribution in [3.05, 3.63) is 53.1 Å². The van der Waals surface area contributed by atoms with E-state index in [4.69, 9.17) is 42.6 Å². The van der Waals surface area contributed by atoms with Crippen LogP contribution in [-0.2, 0) is 25.4 Å². The van der Waals surface area contributed by atoms with Crippen molar-refractivity contribution >= 4 is 5.78 Å². The monoisotopic (exact) mass is 704 g/mol. The number of carbonyl (C=O) groups excluding carboxylic acids is 1. The number of fused-ring (bicyclic) bond motifs is 6. The van der Waals surface area contributed by atoms with Crippen molar-refractivity contribution in [1.29, 1.82) is 0 Å². The Labute approximate surface area is 286 Å². The normalized spacial score (nSPS) is 35.7. The van der Waals surface area contributed by atoms with Gasteiger partial charge < -0.3 is 73.3 Å². The molecule has 5 heterocycles. The topological polar surface area (TPSA) is 222 Å². The van der Waals surface area contributed by atoms with E-state index in [9.17, 15) is 35.4 Å². The Morgan fingerprint density at radius 2 is 1.60 bits per heavy atom. The molecule has 16 heteroatoms. The van der Waals surface area contributed by atoms with Gasteiger partial charge in [0.15, 0.2) is 29.9 Å².